The van der Waals surface area contributed by atoms with Crippen LogP contribution in [-0.4, -0.2) is 88.1 Å². The van der Waals surface area contributed by atoms with Crippen LogP contribution in [0.5, 0.6) is 0 Å². The average Bonchev–Trinajstić information content (AvgIpc) is 4.10. The van der Waals surface area contributed by atoms with Gasteiger partial charge in [0.1, 0.15) is 17.9 Å². The molecule has 0 radical (unpaired) electrons. The van der Waals surface area contributed by atoms with Gasteiger partial charge in [-0.25, -0.2) is 14.6 Å². The van der Waals surface area contributed by atoms with Gasteiger partial charge in [0.15, 0.2) is 5.43 Å². The quantitative estimate of drug-likeness (QED) is 0.110. The second-order valence-corrected chi connectivity index (χ2v) is 17.2. The monoisotopic (exact) mass is 863 g/mol. The topological polar surface area (TPSA) is 179 Å². The van der Waals surface area contributed by atoms with Crippen LogP contribution in [0.1, 0.15) is 88.1 Å². The number of nitrogens with one attached hydrogen (secondary N) is 4. The molecule has 2 aromatic heterocycles. The molecule has 2 saturated heterocycles. The molecule has 2 fully saturated rings. The van der Waals surface area contributed by atoms with Crippen molar-refractivity contribution in [2.45, 2.75) is 83.5 Å². The standard InChI is InChI=1S/C47H51F2N7O7/c1-24(2)40(53-45(60)62-5)43(58)55-17-7-9-37(55)35-22-39(57)31-16-12-27(21-34(31)51-35)26-11-14-29-30-15-13-28(20-33(30)47(48,49)32(29)19-26)36-23-50-42(52-36)38-10-8-18-56(38)44(59)41(25(3)4)54-46(61)63-6/h11-16,19-25,37-38,40-41H,7-10,17-18H2,1-6H3,(H,50,52)(H,51,57)(H,53,60)(H,54,61)/t37?,38-,40-,41-/m0/s1. The third-order valence-corrected chi connectivity index (χ3v) is 12.6. The maximum atomic E-state index is 16.6. The molecule has 14 nitrogen and oxygen atoms in total. The van der Waals surface area contributed by atoms with Gasteiger partial charge >= 0.3 is 12.2 Å². The molecule has 1 unspecified atom stereocenters. The van der Waals surface area contributed by atoms with Gasteiger partial charge in [0.05, 0.1) is 43.7 Å². The molecule has 0 spiro atoms. The highest BCUT2D eigenvalue weighted by Gasteiger charge is 2.45. The lowest BCUT2D eigenvalue weighted by Gasteiger charge is -2.31. The molecular formula is C47H51F2N7O7. The summed E-state index contributed by atoms with van der Waals surface area (Å²) in [5, 5.41) is 5.70. The van der Waals surface area contributed by atoms with E-state index in [0.717, 1.165) is 6.42 Å². The van der Waals surface area contributed by atoms with E-state index >= 15 is 8.78 Å². The molecule has 4 N–H and O–H groups in total. The lowest BCUT2D eigenvalue weighted by Crippen LogP contribution is -2.51. The number of likely N-dealkylation sites (tertiary alicyclic amines) is 2. The summed E-state index contributed by atoms with van der Waals surface area (Å²) in [6, 6.07) is 14.2. The van der Waals surface area contributed by atoms with E-state index in [1.807, 2.05) is 27.7 Å². The number of H-pyrrole nitrogens is 2. The molecule has 5 aromatic rings. The number of hydrogen-bond donors (Lipinski definition) is 4. The van der Waals surface area contributed by atoms with Crippen LogP contribution in [0.15, 0.2) is 71.7 Å². The molecule has 0 saturated carbocycles. The number of rotatable bonds is 10. The summed E-state index contributed by atoms with van der Waals surface area (Å²) in [5.41, 5.74) is 3.57. The molecule has 63 heavy (non-hydrogen) atoms. The highest BCUT2D eigenvalue weighted by atomic mass is 19.3. The van der Waals surface area contributed by atoms with Gasteiger partial charge < -0.3 is 39.9 Å². The van der Waals surface area contributed by atoms with Crippen molar-refractivity contribution in [3.8, 4) is 33.5 Å². The van der Waals surface area contributed by atoms with Crippen LogP contribution in [0.4, 0.5) is 18.4 Å². The fourth-order valence-corrected chi connectivity index (χ4v) is 9.28. The molecule has 1 aliphatic carbocycles. The number of fused-ring (bicyclic) bond motifs is 4. The highest BCUT2D eigenvalue weighted by molar-refractivity contribution is 5.89. The van der Waals surface area contributed by atoms with Crippen molar-refractivity contribution in [3.05, 3.63) is 99.7 Å². The average molecular weight is 864 g/mol. The van der Waals surface area contributed by atoms with Crippen molar-refractivity contribution in [2.24, 2.45) is 11.8 Å². The summed E-state index contributed by atoms with van der Waals surface area (Å²) in [6.45, 7) is 8.28. The first-order valence-electron chi connectivity index (χ1n) is 21.3. The Hall–Kier alpha value is -6.58. The van der Waals surface area contributed by atoms with Gasteiger partial charge in [-0.05, 0) is 84.0 Å². The Morgan fingerprint density at radius 3 is 1.84 bits per heavy atom. The van der Waals surface area contributed by atoms with Crippen LogP contribution in [0, 0.1) is 11.8 Å². The summed E-state index contributed by atoms with van der Waals surface area (Å²) < 4.78 is 42.7. The molecule has 3 aromatic carbocycles. The largest absolute Gasteiger partial charge is 0.453 e. The van der Waals surface area contributed by atoms with Crippen molar-refractivity contribution >= 4 is 34.9 Å². The van der Waals surface area contributed by atoms with Crippen LogP contribution < -0.4 is 16.1 Å². The number of alkyl halides is 2. The number of alkyl carbamates (subject to hydrolysis) is 2. The first-order valence-corrected chi connectivity index (χ1v) is 21.3. The minimum Gasteiger partial charge on any atom is -0.453 e. The number of nitrogens with zero attached hydrogens (tertiary/aromatic N) is 3. The van der Waals surface area contributed by atoms with Crippen molar-refractivity contribution in [1.82, 2.24) is 35.4 Å². The Labute approximate surface area is 362 Å². The van der Waals surface area contributed by atoms with E-state index in [1.165, 1.54) is 32.4 Å². The third-order valence-electron chi connectivity index (χ3n) is 12.6. The molecule has 330 valence electrons. The predicted molar refractivity (Wildman–Crippen MR) is 232 cm³/mol. The molecule has 3 aliphatic rings. The maximum Gasteiger partial charge on any atom is 0.407 e. The van der Waals surface area contributed by atoms with Crippen molar-refractivity contribution in [1.29, 1.82) is 0 Å². The summed E-state index contributed by atoms with van der Waals surface area (Å²) in [4.78, 5) is 79.6. The Morgan fingerprint density at radius 2 is 1.25 bits per heavy atom. The van der Waals surface area contributed by atoms with E-state index in [0.29, 0.717) is 88.3 Å². The Kier molecular flexibility index (Phi) is 11.6. The number of amides is 4. The normalized spacial score (nSPS) is 18.6. The van der Waals surface area contributed by atoms with Crippen LogP contribution in [-0.2, 0) is 25.0 Å². The number of benzene rings is 3. The molecular weight excluding hydrogens is 813 g/mol. The fourth-order valence-electron chi connectivity index (χ4n) is 9.28. The second-order valence-electron chi connectivity index (χ2n) is 17.2. The Bertz CT molecular complexity index is 2680. The summed E-state index contributed by atoms with van der Waals surface area (Å²) in [5.74, 6) is -3.73. The fraction of sp³-hybridized carbons (Fsp3) is 0.404. The minimum atomic E-state index is -3.33. The van der Waals surface area contributed by atoms with Crippen molar-refractivity contribution in [2.75, 3.05) is 27.3 Å². The van der Waals surface area contributed by atoms with Gasteiger partial charge in [0.2, 0.25) is 11.8 Å². The molecule has 8 rings (SSSR count). The minimum absolute atomic E-state index is 0.138. The third kappa shape index (κ3) is 7.91. The second kappa shape index (κ2) is 16.9. The summed E-state index contributed by atoms with van der Waals surface area (Å²) in [6.07, 6.45) is 2.88. The number of aromatic amines is 2. The SMILES string of the molecule is COC(=O)N[C@H](C(=O)N1CCCC1c1cc(=O)c2ccc(-c3ccc4c(c3)C(F)(F)c3cc(-c5cnc([C@@H]6CCCN6C(=O)[C@@H](NC(=O)OC)C(C)C)[nH]5)ccc3-4)cc2[nH]1)C(C)C. The predicted octanol–water partition coefficient (Wildman–Crippen LogP) is 7.79. The van der Waals surface area contributed by atoms with Crippen molar-refractivity contribution < 1.29 is 37.4 Å². The molecule has 4 atom stereocenters. The number of carbonyl (C=O) groups is 4. The first-order chi connectivity index (χ1) is 30.1. The number of pyridine rings is 1. The number of methoxy groups -OCH3 is 2. The van der Waals surface area contributed by atoms with E-state index < -0.39 is 36.2 Å². The number of imidazole rings is 1. The molecule has 4 amide bonds. The zero-order chi connectivity index (χ0) is 44.9. The zero-order valence-electron chi connectivity index (χ0n) is 36.0. The molecule has 2 aliphatic heterocycles. The Morgan fingerprint density at radius 1 is 0.730 bits per heavy atom. The summed E-state index contributed by atoms with van der Waals surface area (Å²) in [7, 11) is 2.48. The number of aromatic nitrogens is 3. The Balaban J connectivity index is 1.04. The number of carbonyl (C=O) groups excluding carboxylic acids is 4. The van der Waals surface area contributed by atoms with E-state index in [9.17, 15) is 24.0 Å². The molecule has 4 heterocycles. The van der Waals surface area contributed by atoms with Gasteiger partial charge in [-0.2, -0.15) is 8.78 Å². The maximum absolute atomic E-state index is 16.6. The van der Waals surface area contributed by atoms with E-state index in [1.54, 1.807) is 58.5 Å². The van der Waals surface area contributed by atoms with Crippen molar-refractivity contribution in [3.63, 3.8) is 0 Å². The lowest BCUT2D eigenvalue weighted by molar-refractivity contribution is -0.136. The zero-order valence-corrected chi connectivity index (χ0v) is 36.0. The smallest absolute Gasteiger partial charge is 0.407 e. The van der Waals surface area contributed by atoms with E-state index in [-0.39, 0.29) is 46.2 Å². The van der Waals surface area contributed by atoms with Gasteiger partial charge in [-0.3, -0.25) is 14.4 Å². The van der Waals surface area contributed by atoms with E-state index in [4.69, 9.17) is 9.47 Å². The van der Waals surface area contributed by atoms with E-state index in [2.05, 4.69) is 25.6 Å². The van der Waals surface area contributed by atoms with Crippen LogP contribution >= 0.6 is 0 Å². The number of ether oxygens (including phenoxy) is 2. The van der Waals surface area contributed by atoms with Gasteiger partial charge in [-0.1, -0.05) is 58.0 Å². The van der Waals surface area contributed by atoms with Crippen LogP contribution in [0.3, 0.4) is 0 Å². The number of hydrogen-bond acceptors (Lipinski definition) is 8. The molecule has 16 heteroatoms. The number of halogens is 2. The first kappa shape index (κ1) is 43.1. The lowest BCUT2D eigenvalue weighted by atomic mass is 9.97. The van der Waals surface area contributed by atoms with Crippen LogP contribution in [0.2, 0.25) is 0 Å². The van der Waals surface area contributed by atoms with Gasteiger partial charge in [0, 0.05) is 46.9 Å². The highest BCUT2D eigenvalue weighted by Crippen LogP contribution is 2.53. The van der Waals surface area contributed by atoms with Crippen LogP contribution in [0.25, 0.3) is 44.4 Å². The van der Waals surface area contributed by atoms with Gasteiger partial charge in [0.25, 0.3) is 5.92 Å². The summed E-state index contributed by atoms with van der Waals surface area (Å²) >= 11 is 0. The van der Waals surface area contributed by atoms with Gasteiger partial charge in [-0.15, -0.1) is 0 Å². The molecule has 0 bridgehead atoms.